The second kappa shape index (κ2) is 7.38. The molecule has 0 fully saturated rings. The second-order valence-electron chi connectivity index (χ2n) is 7.21. The molecule has 4 rings (SSSR count). The first kappa shape index (κ1) is 19.8. The number of fused-ring (bicyclic) bond motifs is 1. The largest absolute Gasteiger partial charge is 0.332 e. The minimum atomic E-state index is -0.511. The van der Waals surface area contributed by atoms with E-state index in [0.29, 0.717) is 22.2 Å². The highest BCUT2D eigenvalue weighted by atomic mass is 32.1. The van der Waals surface area contributed by atoms with E-state index in [9.17, 15) is 14.4 Å². The van der Waals surface area contributed by atoms with Crippen LogP contribution in [-0.2, 0) is 14.1 Å². The Hall–Kier alpha value is -3.52. The number of hydrogen-bond donors (Lipinski definition) is 1. The highest BCUT2D eigenvalue weighted by Crippen LogP contribution is 2.30. The maximum absolute atomic E-state index is 13.2. The molecule has 7 nitrogen and oxygen atoms in total. The van der Waals surface area contributed by atoms with Crippen molar-refractivity contribution in [1.29, 1.82) is 0 Å². The highest BCUT2D eigenvalue weighted by molar-refractivity contribution is 7.15. The Morgan fingerprint density at radius 2 is 1.77 bits per heavy atom. The number of anilines is 1. The number of carbonyl (C=O) groups excluding carboxylic acids is 1. The van der Waals surface area contributed by atoms with Gasteiger partial charge in [-0.25, -0.2) is 9.78 Å². The molecule has 0 radical (unpaired) electrons. The van der Waals surface area contributed by atoms with E-state index in [-0.39, 0.29) is 5.82 Å². The Labute approximate surface area is 176 Å². The summed E-state index contributed by atoms with van der Waals surface area (Å²) in [6.45, 7) is 3.96. The lowest BCUT2D eigenvalue weighted by molar-refractivity contribution is 0.102. The van der Waals surface area contributed by atoms with Crippen molar-refractivity contribution in [1.82, 2.24) is 14.1 Å². The van der Waals surface area contributed by atoms with Crippen LogP contribution in [0.4, 0.5) is 5.82 Å². The minimum Gasteiger partial charge on any atom is -0.308 e. The van der Waals surface area contributed by atoms with Crippen molar-refractivity contribution in [3.8, 4) is 10.6 Å². The van der Waals surface area contributed by atoms with Gasteiger partial charge in [-0.15, -0.1) is 11.3 Å². The van der Waals surface area contributed by atoms with Crippen LogP contribution in [0.5, 0.6) is 0 Å². The number of rotatable bonds is 3. The van der Waals surface area contributed by atoms with Gasteiger partial charge in [-0.2, -0.15) is 0 Å². The van der Waals surface area contributed by atoms with E-state index < -0.39 is 17.2 Å². The minimum absolute atomic E-state index is 0.138. The number of benzene rings is 1. The van der Waals surface area contributed by atoms with Crippen LogP contribution in [0, 0.1) is 13.8 Å². The zero-order valence-corrected chi connectivity index (χ0v) is 17.8. The van der Waals surface area contributed by atoms with E-state index in [1.807, 2.05) is 44.2 Å². The number of thiophene rings is 1. The molecule has 1 N–H and O–H groups in total. The molecule has 0 aliphatic carbocycles. The predicted octanol–water partition coefficient (Wildman–Crippen LogP) is 3.23. The molecule has 0 spiro atoms. The summed E-state index contributed by atoms with van der Waals surface area (Å²) in [4.78, 5) is 44.3. The van der Waals surface area contributed by atoms with Crippen LogP contribution in [0.25, 0.3) is 21.5 Å². The van der Waals surface area contributed by atoms with Gasteiger partial charge in [0.2, 0.25) is 0 Å². The van der Waals surface area contributed by atoms with Gasteiger partial charge in [-0.05, 0) is 44.2 Å². The first-order valence-electron chi connectivity index (χ1n) is 9.31. The number of nitrogens with zero attached hydrogens (tertiary/aromatic N) is 3. The summed E-state index contributed by atoms with van der Waals surface area (Å²) >= 11 is 1.60. The molecule has 4 aromatic rings. The molecular weight excluding hydrogens is 400 g/mol. The molecule has 0 aliphatic rings. The Balaban J connectivity index is 1.87. The normalized spacial score (nSPS) is 11.1. The first-order valence-corrected chi connectivity index (χ1v) is 10.1. The fourth-order valence-corrected chi connectivity index (χ4v) is 4.09. The number of hydrogen-bond acceptors (Lipinski definition) is 5. The summed E-state index contributed by atoms with van der Waals surface area (Å²) in [5, 5.41) is 3.42. The average Bonchev–Trinajstić information content (AvgIpc) is 3.16. The van der Waals surface area contributed by atoms with Gasteiger partial charge >= 0.3 is 5.69 Å². The number of pyridine rings is 1. The zero-order chi connectivity index (χ0) is 21.6. The number of carbonyl (C=O) groups is 1. The van der Waals surface area contributed by atoms with Gasteiger partial charge in [0.05, 0.1) is 21.7 Å². The van der Waals surface area contributed by atoms with Gasteiger partial charge in [0.25, 0.3) is 11.5 Å². The van der Waals surface area contributed by atoms with Crippen molar-refractivity contribution in [2.24, 2.45) is 14.1 Å². The third-order valence-electron chi connectivity index (χ3n) is 4.97. The average molecular weight is 420 g/mol. The molecule has 0 bridgehead atoms. The monoisotopic (exact) mass is 420 g/mol. The summed E-state index contributed by atoms with van der Waals surface area (Å²) in [6.07, 6.45) is 0. The molecule has 8 heteroatoms. The molecule has 0 aliphatic heterocycles. The summed E-state index contributed by atoms with van der Waals surface area (Å²) in [5.74, 6) is -0.273. The van der Waals surface area contributed by atoms with E-state index >= 15 is 0 Å². The van der Waals surface area contributed by atoms with E-state index in [0.717, 1.165) is 19.9 Å². The van der Waals surface area contributed by atoms with Crippen LogP contribution in [-0.4, -0.2) is 20.0 Å². The summed E-state index contributed by atoms with van der Waals surface area (Å²) < 4.78 is 2.22. The quantitative estimate of drug-likeness (QED) is 0.551. The van der Waals surface area contributed by atoms with Gasteiger partial charge in [-0.1, -0.05) is 11.6 Å². The Morgan fingerprint density at radius 1 is 1.00 bits per heavy atom. The molecule has 1 aromatic carbocycles. The van der Waals surface area contributed by atoms with Gasteiger partial charge in [0.15, 0.2) is 0 Å². The number of aryl methyl sites for hydroxylation is 2. The molecule has 3 aromatic heterocycles. The number of nitrogens with one attached hydrogen (secondary N) is 1. The standard InChI is InChI=1S/C22H20N4O3S/c1-12-5-7-16-14(9-12)15(10-17(23-16)18-8-6-13(2)30-18)21(28)24-19-11-20(27)26(4)22(29)25(19)3/h5-11H,1-4H3,(H,24,28). The molecule has 152 valence electrons. The van der Waals surface area contributed by atoms with E-state index in [2.05, 4.69) is 5.32 Å². The maximum atomic E-state index is 13.2. The van der Waals surface area contributed by atoms with Crippen LogP contribution in [0.3, 0.4) is 0 Å². The van der Waals surface area contributed by atoms with Gasteiger partial charge in [0.1, 0.15) is 5.82 Å². The van der Waals surface area contributed by atoms with Crippen molar-refractivity contribution >= 4 is 34.0 Å². The van der Waals surface area contributed by atoms with Crippen molar-refractivity contribution in [3.63, 3.8) is 0 Å². The molecular formula is C22H20N4O3S. The van der Waals surface area contributed by atoms with E-state index in [1.54, 1.807) is 17.4 Å². The second-order valence-corrected chi connectivity index (χ2v) is 8.50. The Bertz CT molecular complexity index is 1430. The van der Waals surface area contributed by atoms with Gasteiger partial charge in [0, 0.05) is 30.4 Å². The SMILES string of the molecule is Cc1ccc2nc(-c3ccc(C)s3)cc(C(=O)Nc3cc(=O)n(C)c(=O)n3C)c2c1. The number of aromatic nitrogens is 3. The molecule has 0 unspecified atom stereocenters. The third-order valence-corrected chi connectivity index (χ3v) is 5.99. The highest BCUT2D eigenvalue weighted by Gasteiger charge is 2.17. The first-order chi connectivity index (χ1) is 14.2. The lowest BCUT2D eigenvalue weighted by atomic mass is 10.0. The number of amides is 1. The van der Waals surface area contributed by atoms with Crippen LogP contribution in [0.1, 0.15) is 20.8 Å². The van der Waals surface area contributed by atoms with Crippen LogP contribution >= 0.6 is 11.3 Å². The van der Waals surface area contributed by atoms with Crippen molar-refractivity contribution < 1.29 is 4.79 Å². The maximum Gasteiger partial charge on any atom is 0.332 e. The molecule has 0 saturated heterocycles. The molecule has 0 atom stereocenters. The molecule has 30 heavy (non-hydrogen) atoms. The predicted molar refractivity (Wildman–Crippen MR) is 119 cm³/mol. The van der Waals surface area contributed by atoms with Crippen molar-refractivity contribution in [2.75, 3.05) is 5.32 Å². The van der Waals surface area contributed by atoms with E-state index in [1.165, 1.54) is 24.7 Å². The van der Waals surface area contributed by atoms with Crippen LogP contribution < -0.4 is 16.6 Å². The molecule has 1 amide bonds. The van der Waals surface area contributed by atoms with Gasteiger partial charge < -0.3 is 5.32 Å². The van der Waals surface area contributed by atoms with Gasteiger partial charge in [-0.3, -0.25) is 18.7 Å². The van der Waals surface area contributed by atoms with Crippen molar-refractivity contribution in [3.05, 3.63) is 79.3 Å². The lowest BCUT2D eigenvalue weighted by Crippen LogP contribution is -2.38. The third kappa shape index (κ3) is 3.46. The molecule has 0 saturated carbocycles. The zero-order valence-electron chi connectivity index (χ0n) is 17.0. The fraction of sp³-hybridized carbons (Fsp3) is 0.182. The Kier molecular flexibility index (Phi) is 4.87. The summed E-state index contributed by atoms with van der Waals surface area (Å²) in [5.41, 5.74) is 1.83. The topological polar surface area (TPSA) is 86.0 Å². The lowest BCUT2D eigenvalue weighted by Gasteiger charge is -2.13. The van der Waals surface area contributed by atoms with Crippen LogP contribution in [0.15, 0.2) is 52.1 Å². The van der Waals surface area contributed by atoms with Crippen LogP contribution in [0.2, 0.25) is 0 Å². The summed E-state index contributed by atoms with van der Waals surface area (Å²) in [6, 6.07) is 12.7. The molecule has 3 heterocycles. The van der Waals surface area contributed by atoms with Crippen molar-refractivity contribution in [2.45, 2.75) is 13.8 Å². The Morgan fingerprint density at radius 3 is 2.47 bits per heavy atom. The smallest absolute Gasteiger partial charge is 0.308 e. The van der Waals surface area contributed by atoms with E-state index in [4.69, 9.17) is 4.98 Å². The summed E-state index contributed by atoms with van der Waals surface area (Å²) in [7, 11) is 2.90. The fourth-order valence-electron chi connectivity index (χ4n) is 3.26.